The van der Waals surface area contributed by atoms with Crippen molar-refractivity contribution in [2.75, 3.05) is 0 Å². The molecular weight excluding hydrogens is 404 g/mol. The molecule has 0 spiro atoms. The number of nitrogens with one attached hydrogen (secondary N) is 1. The van der Waals surface area contributed by atoms with E-state index in [0.29, 0.717) is 22.9 Å². The van der Waals surface area contributed by atoms with Crippen molar-refractivity contribution in [2.24, 2.45) is 10.9 Å². The van der Waals surface area contributed by atoms with Crippen LogP contribution in [0.5, 0.6) is 0 Å². The number of amides is 1. The number of nitrogens with zero attached hydrogens (tertiary/aromatic N) is 4. The van der Waals surface area contributed by atoms with Crippen molar-refractivity contribution in [1.82, 2.24) is 20.1 Å². The lowest BCUT2D eigenvalue weighted by atomic mass is 10.2. The van der Waals surface area contributed by atoms with Crippen LogP contribution in [0.15, 0.2) is 53.8 Å². The fourth-order valence-electron chi connectivity index (χ4n) is 2.73. The molecule has 3 aromatic rings. The van der Waals surface area contributed by atoms with Gasteiger partial charge in [-0.05, 0) is 50.6 Å². The van der Waals surface area contributed by atoms with E-state index in [1.807, 2.05) is 38.1 Å². The molecule has 0 bridgehead atoms. The van der Waals surface area contributed by atoms with Crippen LogP contribution in [-0.4, -0.2) is 32.6 Å². The third-order valence-corrected chi connectivity index (χ3v) is 4.73. The van der Waals surface area contributed by atoms with Crippen molar-refractivity contribution in [2.45, 2.75) is 33.4 Å². The van der Waals surface area contributed by atoms with Crippen molar-refractivity contribution in [3.05, 3.63) is 76.2 Å². The molecule has 0 aliphatic carbocycles. The average molecular weight is 427 g/mol. The van der Waals surface area contributed by atoms with Crippen LogP contribution >= 0.6 is 11.6 Å². The fourth-order valence-corrected chi connectivity index (χ4v) is 2.93. The minimum absolute atomic E-state index is 0.119. The van der Waals surface area contributed by atoms with Gasteiger partial charge < -0.3 is 15.9 Å². The number of amidine groups is 1. The van der Waals surface area contributed by atoms with E-state index in [1.165, 1.54) is 0 Å². The number of aromatic nitrogens is 3. The van der Waals surface area contributed by atoms with Gasteiger partial charge in [-0.25, -0.2) is 9.67 Å². The largest absolute Gasteiger partial charge is 0.381 e. The summed E-state index contributed by atoms with van der Waals surface area (Å²) in [5.74, 6) is 0.461. The Morgan fingerprint density at radius 3 is 2.70 bits per heavy atom. The Morgan fingerprint density at radius 1 is 1.30 bits per heavy atom. The summed E-state index contributed by atoms with van der Waals surface area (Å²) >= 11 is 6.09. The van der Waals surface area contributed by atoms with Gasteiger partial charge in [0.2, 0.25) is 6.10 Å². The first-order chi connectivity index (χ1) is 14.3. The zero-order valence-corrected chi connectivity index (χ0v) is 17.7. The molecule has 3 N–H and O–H groups in total. The molecule has 9 heteroatoms. The summed E-state index contributed by atoms with van der Waals surface area (Å²) in [4.78, 5) is 21.8. The van der Waals surface area contributed by atoms with E-state index in [9.17, 15) is 4.79 Å². The Kier molecular flexibility index (Phi) is 6.68. The van der Waals surface area contributed by atoms with E-state index in [2.05, 4.69) is 20.6 Å². The second kappa shape index (κ2) is 9.41. The SMILES string of the molecule is Cc1cc(C)n(-c2ccc(/C(N)=N\OC(C)C(=O)NCc3ccccc3Cl)cn2)n1. The van der Waals surface area contributed by atoms with Crippen molar-refractivity contribution in [3.8, 4) is 5.82 Å². The number of hydrogen-bond donors (Lipinski definition) is 2. The first-order valence-corrected chi connectivity index (χ1v) is 9.73. The molecule has 156 valence electrons. The van der Waals surface area contributed by atoms with Gasteiger partial charge in [-0.3, -0.25) is 4.79 Å². The van der Waals surface area contributed by atoms with Crippen molar-refractivity contribution >= 4 is 23.3 Å². The number of carbonyl (C=O) groups is 1. The first-order valence-electron chi connectivity index (χ1n) is 9.35. The quantitative estimate of drug-likeness (QED) is 0.343. The number of pyridine rings is 1. The topological polar surface area (TPSA) is 107 Å². The van der Waals surface area contributed by atoms with Gasteiger partial charge in [0.15, 0.2) is 11.7 Å². The summed E-state index contributed by atoms with van der Waals surface area (Å²) in [7, 11) is 0. The molecule has 1 unspecified atom stereocenters. The van der Waals surface area contributed by atoms with E-state index in [0.717, 1.165) is 17.0 Å². The van der Waals surface area contributed by atoms with Crippen molar-refractivity contribution in [1.29, 1.82) is 0 Å². The molecule has 30 heavy (non-hydrogen) atoms. The van der Waals surface area contributed by atoms with Crippen LogP contribution in [0.2, 0.25) is 5.02 Å². The highest BCUT2D eigenvalue weighted by atomic mass is 35.5. The normalized spacial score (nSPS) is 12.5. The third-order valence-electron chi connectivity index (χ3n) is 4.36. The predicted molar refractivity (Wildman–Crippen MR) is 115 cm³/mol. The standard InChI is InChI=1S/C21H23ClN6O2/c1-13-10-14(2)28(26-13)19-9-8-17(12-24-19)20(23)27-30-15(3)21(29)25-11-16-6-4-5-7-18(16)22/h4-10,12,15H,11H2,1-3H3,(H2,23,27)(H,25,29). The summed E-state index contributed by atoms with van der Waals surface area (Å²) in [5.41, 5.74) is 9.25. The van der Waals surface area contributed by atoms with Gasteiger partial charge in [0, 0.05) is 29.0 Å². The minimum atomic E-state index is -0.826. The number of aryl methyl sites for hydroxylation is 2. The number of nitrogens with two attached hydrogens (primary N) is 1. The molecule has 1 aromatic carbocycles. The van der Waals surface area contributed by atoms with Gasteiger partial charge in [-0.2, -0.15) is 5.10 Å². The van der Waals surface area contributed by atoms with Gasteiger partial charge in [0.25, 0.3) is 5.91 Å². The van der Waals surface area contributed by atoms with Crippen LogP contribution in [0, 0.1) is 13.8 Å². The number of rotatable bonds is 7. The highest BCUT2D eigenvalue weighted by molar-refractivity contribution is 6.31. The van der Waals surface area contributed by atoms with E-state index < -0.39 is 6.10 Å². The summed E-state index contributed by atoms with van der Waals surface area (Å²) in [6, 6.07) is 12.8. The first kappa shape index (κ1) is 21.3. The number of halogens is 1. The third kappa shape index (κ3) is 5.15. The van der Waals surface area contributed by atoms with Crippen molar-refractivity contribution in [3.63, 3.8) is 0 Å². The molecule has 0 aliphatic heterocycles. The summed E-state index contributed by atoms with van der Waals surface area (Å²) in [5, 5.41) is 11.6. The molecule has 8 nitrogen and oxygen atoms in total. The summed E-state index contributed by atoms with van der Waals surface area (Å²) in [6.45, 7) is 5.76. The maximum absolute atomic E-state index is 12.2. The lowest BCUT2D eigenvalue weighted by Crippen LogP contribution is -2.33. The fraction of sp³-hybridized carbons (Fsp3) is 0.238. The molecule has 0 fully saturated rings. The zero-order valence-electron chi connectivity index (χ0n) is 17.0. The summed E-state index contributed by atoms with van der Waals surface area (Å²) in [6.07, 6.45) is 0.754. The second-order valence-electron chi connectivity index (χ2n) is 6.78. The lowest BCUT2D eigenvalue weighted by molar-refractivity contribution is -0.131. The molecule has 3 rings (SSSR count). The Bertz CT molecular complexity index is 1060. The lowest BCUT2D eigenvalue weighted by Gasteiger charge is -2.12. The molecule has 0 saturated heterocycles. The zero-order chi connectivity index (χ0) is 21.7. The Morgan fingerprint density at radius 2 is 2.07 bits per heavy atom. The highest BCUT2D eigenvalue weighted by Crippen LogP contribution is 2.14. The summed E-state index contributed by atoms with van der Waals surface area (Å²) < 4.78 is 1.74. The Balaban J connectivity index is 1.58. The molecule has 0 saturated carbocycles. The number of oxime groups is 1. The maximum Gasteiger partial charge on any atom is 0.263 e. The van der Waals surface area contributed by atoms with E-state index >= 15 is 0 Å². The molecule has 0 aliphatic rings. The van der Waals surface area contributed by atoms with Gasteiger partial charge in [0.05, 0.1) is 5.69 Å². The van der Waals surface area contributed by atoms with Crippen LogP contribution < -0.4 is 11.1 Å². The second-order valence-corrected chi connectivity index (χ2v) is 7.18. The van der Waals surface area contributed by atoms with Crippen LogP contribution in [0.25, 0.3) is 5.82 Å². The van der Waals surface area contributed by atoms with Gasteiger partial charge in [-0.15, -0.1) is 0 Å². The minimum Gasteiger partial charge on any atom is -0.381 e. The number of hydrogen-bond acceptors (Lipinski definition) is 5. The molecule has 2 heterocycles. The molecule has 2 aromatic heterocycles. The van der Waals surface area contributed by atoms with Crippen LogP contribution in [0.1, 0.15) is 29.4 Å². The van der Waals surface area contributed by atoms with E-state index in [-0.39, 0.29) is 11.7 Å². The highest BCUT2D eigenvalue weighted by Gasteiger charge is 2.15. The predicted octanol–water partition coefficient (Wildman–Crippen LogP) is 2.88. The molecule has 1 amide bonds. The Hall–Kier alpha value is -3.39. The smallest absolute Gasteiger partial charge is 0.263 e. The van der Waals surface area contributed by atoms with Crippen molar-refractivity contribution < 1.29 is 9.63 Å². The molecule has 1 atom stereocenters. The van der Waals surface area contributed by atoms with Crippen LogP contribution in [0.3, 0.4) is 0 Å². The van der Waals surface area contributed by atoms with Crippen LogP contribution in [0.4, 0.5) is 0 Å². The van der Waals surface area contributed by atoms with E-state index in [4.69, 9.17) is 22.2 Å². The maximum atomic E-state index is 12.2. The van der Waals surface area contributed by atoms with Gasteiger partial charge >= 0.3 is 0 Å². The van der Waals surface area contributed by atoms with Gasteiger partial charge in [-0.1, -0.05) is 35.0 Å². The van der Waals surface area contributed by atoms with E-state index in [1.54, 1.807) is 36.0 Å². The molecular formula is C21H23ClN6O2. The number of benzene rings is 1. The van der Waals surface area contributed by atoms with Gasteiger partial charge in [0.1, 0.15) is 0 Å². The average Bonchev–Trinajstić information content (AvgIpc) is 3.09. The Labute approximate surface area is 179 Å². The number of carbonyl (C=O) groups excluding carboxylic acids is 1. The molecule has 0 radical (unpaired) electrons. The monoisotopic (exact) mass is 426 g/mol. The van der Waals surface area contributed by atoms with Crippen LogP contribution in [-0.2, 0) is 16.2 Å².